The van der Waals surface area contributed by atoms with Gasteiger partial charge in [-0.3, -0.25) is 9.79 Å². The third-order valence-electron chi connectivity index (χ3n) is 2.36. The van der Waals surface area contributed by atoms with Crippen LogP contribution in [0.15, 0.2) is 17.1 Å². The van der Waals surface area contributed by atoms with Crippen LogP contribution in [0.1, 0.15) is 33.1 Å². The smallest absolute Gasteiger partial charge is 0.323 e. The molecule has 1 atom stereocenters. The van der Waals surface area contributed by atoms with Crippen molar-refractivity contribution < 1.29 is 9.90 Å². The Bertz CT molecular complexity index is 292. The molecule has 0 aliphatic heterocycles. The third kappa shape index (κ3) is 9.27. The molecule has 0 aliphatic rings. The number of hydrogen-bond acceptors (Lipinski definition) is 3. The van der Waals surface area contributed by atoms with E-state index in [9.17, 15) is 4.79 Å². The number of aliphatic imine (C=N–C) groups is 1. The monoisotopic (exact) mass is 299 g/mol. The van der Waals surface area contributed by atoms with E-state index >= 15 is 0 Å². The lowest BCUT2D eigenvalue weighted by atomic mass is 9.93. The fraction of sp³-hybridized carbons (Fsp3) is 0.636. The minimum atomic E-state index is -1.15. The van der Waals surface area contributed by atoms with E-state index in [1.165, 1.54) is 0 Å². The predicted octanol–water partition coefficient (Wildman–Crippen LogP) is 1.74. The predicted molar refractivity (Wildman–Crippen MR) is 79.9 cm³/mol. The van der Waals surface area contributed by atoms with Gasteiger partial charge in [-0.15, -0.1) is 24.8 Å². The number of halogens is 2. The summed E-state index contributed by atoms with van der Waals surface area (Å²) >= 11 is 0. The summed E-state index contributed by atoms with van der Waals surface area (Å²) < 4.78 is 0. The molecular formula is C11H23Cl2N3O2. The summed E-state index contributed by atoms with van der Waals surface area (Å²) in [6.07, 6.45) is 5.16. The minimum absolute atomic E-state index is 0. The molecule has 0 aliphatic carbocycles. The first-order valence-corrected chi connectivity index (χ1v) is 5.36. The van der Waals surface area contributed by atoms with Gasteiger partial charge in [-0.1, -0.05) is 19.1 Å². The molecule has 0 aromatic rings. The summed E-state index contributed by atoms with van der Waals surface area (Å²) in [7, 11) is 0. The summed E-state index contributed by atoms with van der Waals surface area (Å²) in [5.41, 5.74) is 9.92. The summed E-state index contributed by atoms with van der Waals surface area (Å²) in [4.78, 5) is 14.9. The summed E-state index contributed by atoms with van der Waals surface area (Å²) in [6, 6.07) is 0. The van der Waals surface area contributed by atoms with Crippen LogP contribution in [-0.4, -0.2) is 29.0 Å². The molecule has 5 nitrogen and oxygen atoms in total. The number of amidine groups is 1. The quantitative estimate of drug-likeness (QED) is 0.288. The van der Waals surface area contributed by atoms with Crippen molar-refractivity contribution in [3.63, 3.8) is 0 Å². The fourth-order valence-corrected chi connectivity index (χ4v) is 1.11. The van der Waals surface area contributed by atoms with Crippen LogP contribution in [-0.2, 0) is 4.79 Å². The van der Waals surface area contributed by atoms with Gasteiger partial charge in [0.05, 0.1) is 5.84 Å². The van der Waals surface area contributed by atoms with Crippen LogP contribution >= 0.6 is 24.8 Å². The van der Waals surface area contributed by atoms with Crippen LogP contribution in [0, 0.1) is 0 Å². The molecule has 0 unspecified atom stereocenters. The van der Waals surface area contributed by atoms with Crippen molar-refractivity contribution in [3.8, 4) is 0 Å². The van der Waals surface area contributed by atoms with Gasteiger partial charge in [0.2, 0.25) is 0 Å². The highest BCUT2D eigenvalue weighted by atomic mass is 35.5. The number of nitrogens with zero attached hydrogens (tertiary/aromatic N) is 1. The highest BCUT2D eigenvalue weighted by Crippen LogP contribution is 2.12. The number of carboxylic acids is 1. The largest absolute Gasteiger partial charge is 0.480 e. The van der Waals surface area contributed by atoms with E-state index in [4.69, 9.17) is 16.6 Å². The molecule has 0 saturated carbocycles. The second kappa shape index (κ2) is 11.3. The number of nitrogens with two attached hydrogens (primary N) is 2. The van der Waals surface area contributed by atoms with Gasteiger partial charge in [0.15, 0.2) is 0 Å². The number of rotatable bonds is 7. The summed E-state index contributed by atoms with van der Waals surface area (Å²) in [5.74, 6) is -0.406. The van der Waals surface area contributed by atoms with Gasteiger partial charge >= 0.3 is 5.97 Å². The SMILES string of the molecule is CC[C@](N)(C/C=C\CCN=C(C)N)C(=O)O.Cl.Cl. The number of carbonyl (C=O) groups is 1. The Kier molecular flexibility index (Phi) is 14.1. The minimum Gasteiger partial charge on any atom is -0.480 e. The number of carboxylic acid groups (broad SMARTS) is 1. The molecule has 5 N–H and O–H groups in total. The fourth-order valence-electron chi connectivity index (χ4n) is 1.11. The molecule has 0 spiro atoms. The molecule has 0 aromatic heterocycles. The van der Waals surface area contributed by atoms with Crippen molar-refractivity contribution >= 4 is 36.6 Å². The first-order chi connectivity index (χ1) is 7.42. The van der Waals surface area contributed by atoms with Crippen molar-refractivity contribution in [3.05, 3.63) is 12.2 Å². The van der Waals surface area contributed by atoms with Crippen LogP contribution in [0.3, 0.4) is 0 Å². The van der Waals surface area contributed by atoms with Crippen LogP contribution in [0.2, 0.25) is 0 Å². The van der Waals surface area contributed by atoms with Gasteiger partial charge in [0, 0.05) is 6.54 Å². The van der Waals surface area contributed by atoms with E-state index in [1.54, 1.807) is 19.9 Å². The average Bonchev–Trinajstić information content (AvgIpc) is 2.22. The van der Waals surface area contributed by atoms with E-state index in [1.807, 2.05) is 6.08 Å². The highest BCUT2D eigenvalue weighted by molar-refractivity contribution is 5.85. The molecule has 108 valence electrons. The van der Waals surface area contributed by atoms with E-state index in [-0.39, 0.29) is 24.8 Å². The molecule has 0 heterocycles. The van der Waals surface area contributed by atoms with Crippen molar-refractivity contribution in [1.29, 1.82) is 0 Å². The molecule has 0 rings (SSSR count). The first kappa shape index (κ1) is 22.4. The topological polar surface area (TPSA) is 102 Å². The van der Waals surface area contributed by atoms with Crippen LogP contribution in [0.4, 0.5) is 0 Å². The Morgan fingerprint density at radius 1 is 1.39 bits per heavy atom. The van der Waals surface area contributed by atoms with E-state index in [2.05, 4.69) is 4.99 Å². The van der Waals surface area contributed by atoms with Crippen molar-refractivity contribution in [2.45, 2.75) is 38.6 Å². The average molecular weight is 300 g/mol. The van der Waals surface area contributed by atoms with Crippen LogP contribution < -0.4 is 11.5 Å². The number of aliphatic carboxylic acids is 1. The second-order valence-electron chi connectivity index (χ2n) is 3.80. The van der Waals surface area contributed by atoms with Gasteiger partial charge < -0.3 is 16.6 Å². The van der Waals surface area contributed by atoms with Gasteiger partial charge in [-0.2, -0.15) is 0 Å². The lowest BCUT2D eigenvalue weighted by molar-refractivity contribution is -0.143. The molecular weight excluding hydrogens is 277 g/mol. The van der Waals surface area contributed by atoms with E-state index < -0.39 is 11.5 Å². The Hall–Kier alpha value is -0.780. The van der Waals surface area contributed by atoms with E-state index in [0.717, 1.165) is 6.42 Å². The molecule has 0 saturated heterocycles. The van der Waals surface area contributed by atoms with Gasteiger partial charge in [-0.25, -0.2) is 0 Å². The zero-order valence-corrected chi connectivity index (χ0v) is 12.4. The lowest BCUT2D eigenvalue weighted by Crippen LogP contribution is -2.46. The molecule has 0 aromatic carbocycles. The Labute approximate surface area is 121 Å². The van der Waals surface area contributed by atoms with Gasteiger partial charge in [0.1, 0.15) is 5.54 Å². The maximum Gasteiger partial charge on any atom is 0.323 e. The highest BCUT2D eigenvalue weighted by Gasteiger charge is 2.29. The van der Waals surface area contributed by atoms with Crippen molar-refractivity contribution in [2.75, 3.05) is 6.54 Å². The summed E-state index contributed by atoms with van der Waals surface area (Å²) in [6.45, 7) is 4.12. The molecule has 0 fully saturated rings. The third-order valence-corrected chi connectivity index (χ3v) is 2.36. The zero-order chi connectivity index (χ0) is 12.6. The molecule has 18 heavy (non-hydrogen) atoms. The lowest BCUT2D eigenvalue weighted by Gasteiger charge is -2.20. The van der Waals surface area contributed by atoms with Gasteiger partial charge in [0.25, 0.3) is 0 Å². The molecule has 0 amide bonds. The van der Waals surface area contributed by atoms with Gasteiger partial charge in [-0.05, 0) is 26.2 Å². The Balaban J connectivity index is -0.00000112. The maximum atomic E-state index is 10.9. The molecule has 0 bridgehead atoms. The molecule has 7 heteroatoms. The van der Waals surface area contributed by atoms with E-state index in [0.29, 0.717) is 25.2 Å². The number of hydrogen-bond donors (Lipinski definition) is 3. The Morgan fingerprint density at radius 2 is 1.94 bits per heavy atom. The standard InChI is InChI=1S/C11H21N3O2.2ClH/c1-3-11(13,10(15)16)7-5-4-6-8-14-9(2)12;;/h4-5H,3,6-8,13H2,1-2H3,(H2,12,14)(H,15,16);2*1H/b5-4-;;/t11-;;/m0../s1. The van der Waals surface area contributed by atoms with Crippen LogP contribution in [0.25, 0.3) is 0 Å². The van der Waals surface area contributed by atoms with Crippen LogP contribution in [0.5, 0.6) is 0 Å². The first-order valence-electron chi connectivity index (χ1n) is 5.36. The van der Waals surface area contributed by atoms with Crippen molar-refractivity contribution in [1.82, 2.24) is 0 Å². The van der Waals surface area contributed by atoms with Crippen molar-refractivity contribution in [2.24, 2.45) is 16.5 Å². The Morgan fingerprint density at radius 3 is 2.33 bits per heavy atom. The maximum absolute atomic E-state index is 10.9. The summed E-state index contributed by atoms with van der Waals surface area (Å²) in [5, 5.41) is 8.91. The second-order valence-corrected chi connectivity index (χ2v) is 3.80. The molecule has 0 radical (unpaired) electrons. The normalized spacial score (nSPS) is 14.5. The zero-order valence-electron chi connectivity index (χ0n) is 10.8.